The highest BCUT2D eigenvalue weighted by molar-refractivity contribution is 7.15. The number of hydrogen-bond donors (Lipinski definition) is 3. The van der Waals surface area contributed by atoms with E-state index >= 15 is 0 Å². The Kier molecular flexibility index (Phi) is 6.05. The molecule has 0 aliphatic carbocycles. The maximum Gasteiger partial charge on any atom is 0.252 e. The SMILES string of the molecule is O=C(CCNC(=O)c1ccccc1Cl)NNC(=O)Cc1cn2ccsc2n1. The van der Waals surface area contributed by atoms with Crippen LogP contribution in [0.25, 0.3) is 4.96 Å². The quantitative estimate of drug-likeness (QED) is 0.541. The molecule has 0 saturated heterocycles. The van der Waals surface area contributed by atoms with Crippen molar-refractivity contribution in [2.75, 3.05) is 6.54 Å². The van der Waals surface area contributed by atoms with Crippen molar-refractivity contribution in [3.63, 3.8) is 0 Å². The number of thiazole rings is 1. The fourth-order valence-corrected chi connectivity index (χ4v) is 3.24. The van der Waals surface area contributed by atoms with Crippen LogP contribution in [0.1, 0.15) is 22.5 Å². The normalized spacial score (nSPS) is 10.6. The van der Waals surface area contributed by atoms with E-state index in [0.717, 1.165) is 4.96 Å². The molecule has 0 aliphatic rings. The van der Waals surface area contributed by atoms with Crippen LogP contribution >= 0.6 is 22.9 Å². The van der Waals surface area contributed by atoms with Crippen LogP contribution in [0.15, 0.2) is 42.0 Å². The molecule has 10 heteroatoms. The van der Waals surface area contributed by atoms with Crippen LogP contribution in [0, 0.1) is 0 Å². The van der Waals surface area contributed by atoms with E-state index in [2.05, 4.69) is 21.2 Å². The minimum Gasteiger partial charge on any atom is -0.351 e. The number of nitrogens with one attached hydrogen (secondary N) is 3. The summed E-state index contributed by atoms with van der Waals surface area (Å²) in [6.07, 6.45) is 3.68. The Bertz CT molecular complexity index is 955. The predicted molar refractivity (Wildman–Crippen MR) is 101 cm³/mol. The third-order valence-corrected chi connectivity index (χ3v) is 4.68. The number of benzene rings is 1. The molecule has 0 atom stereocenters. The predicted octanol–water partition coefficient (Wildman–Crippen LogP) is 1.56. The molecule has 3 rings (SSSR count). The Morgan fingerprint density at radius 1 is 1.15 bits per heavy atom. The molecule has 1 aromatic carbocycles. The Morgan fingerprint density at radius 2 is 1.93 bits per heavy atom. The van der Waals surface area contributed by atoms with Crippen molar-refractivity contribution in [2.24, 2.45) is 0 Å². The van der Waals surface area contributed by atoms with Crippen LogP contribution in [0.3, 0.4) is 0 Å². The molecular formula is C17H16ClN5O3S. The summed E-state index contributed by atoms with van der Waals surface area (Å²) in [5.74, 6) is -1.17. The lowest BCUT2D eigenvalue weighted by atomic mass is 10.2. The molecule has 0 fully saturated rings. The molecule has 0 bridgehead atoms. The van der Waals surface area contributed by atoms with Gasteiger partial charge in [-0.15, -0.1) is 11.3 Å². The molecular weight excluding hydrogens is 390 g/mol. The molecule has 3 amide bonds. The van der Waals surface area contributed by atoms with Crippen LogP contribution in [0.5, 0.6) is 0 Å². The summed E-state index contributed by atoms with van der Waals surface area (Å²) in [5, 5.41) is 4.84. The van der Waals surface area contributed by atoms with Gasteiger partial charge in [0, 0.05) is 30.7 Å². The van der Waals surface area contributed by atoms with Crippen molar-refractivity contribution in [2.45, 2.75) is 12.8 Å². The Balaban J connectivity index is 1.36. The summed E-state index contributed by atoms with van der Waals surface area (Å²) in [7, 11) is 0. The van der Waals surface area contributed by atoms with Gasteiger partial charge in [0.25, 0.3) is 5.91 Å². The highest BCUT2D eigenvalue weighted by Gasteiger charge is 2.11. The molecule has 2 heterocycles. The van der Waals surface area contributed by atoms with Gasteiger partial charge in [0.1, 0.15) is 0 Å². The summed E-state index contributed by atoms with van der Waals surface area (Å²) in [6, 6.07) is 6.63. The van der Waals surface area contributed by atoms with Crippen LogP contribution in [-0.4, -0.2) is 33.7 Å². The van der Waals surface area contributed by atoms with E-state index in [1.165, 1.54) is 11.3 Å². The first-order chi connectivity index (χ1) is 13.0. The zero-order valence-corrected chi connectivity index (χ0v) is 15.6. The Hall–Kier alpha value is -2.91. The van der Waals surface area contributed by atoms with Gasteiger partial charge in [0.15, 0.2) is 4.96 Å². The van der Waals surface area contributed by atoms with Gasteiger partial charge in [0.2, 0.25) is 11.8 Å². The standard InChI is InChI=1S/C17H16ClN5O3S/c18-13-4-2-1-3-12(13)16(26)19-6-5-14(24)21-22-15(25)9-11-10-23-7-8-27-17(23)20-11/h1-4,7-8,10H,5-6,9H2,(H,19,26)(H,21,24)(H,22,25). The van der Waals surface area contributed by atoms with Crippen molar-refractivity contribution < 1.29 is 14.4 Å². The van der Waals surface area contributed by atoms with E-state index in [1.807, 2.05) is 16.0 Å². The molecule has 0 radical (unpaired) electrons. The zero-order chi connectivity index (χ0) is 19.2. The average molecular weight is 406 g/mol. The molecule has 140 valence electrons. The first-order valence-corrected chi connectivity index (χ1v) is 9.30. The van der Waals surface area contributed by atoms with E-state index in [-0.39, 0.29) is 31.2 Å². The number of aromatic nitrogens is 2. The Morgan fingerprint density at radius 3 is 2.70 bits per heavy atom. The van der Waals surface area contributed by atoms with Crippen LogP contribution < -0.4 is 16.2 Å². The first kappa shape index (κ1) is 18.9. The fourth-order valence-electron chi connectivity index (χ4n) is 2.30. The lowest BCUT2D eigenvalue weighted by Gasteiger charge is -2.08. The van der Waals surface area contributed by atoms with Crippen molar-refractivity contribution in [1.29, 1.82) is 0 Å². The van der Waals surface area contributed by atoms with Crippen molar-refractivity contribution in [3.8, 4) is 0 Å². The minimum absolute atomic E-state index is 0.0106. The second-order valence-electron chi connectivity index (χ2n) is 5.58. The molecule has 0 aliphatic heterocycles. The van der Waals surface area contributed by atoms with E-state index in [1.54, 1.807) is 30.5 Å². The van der Waals surface area contributed by atoms with Crippen molar-refractivity contribution in [3.05, 3.63) is 58.3 Å². The summed E-state index contributed by atoms with van der Waals surface area (Å²) < 4.78 is 1.83. The highest BCUT2D eigenvalue weighted by Crippen LogP contribution is 2.14. The third kappa shape index (κ3) is 5.05. The van der Waals surface area contributed by atoms with Gasteiger partial charge >= 0.3 is 0 Å². The van der Waals surface area contributed by atoms with Gasteiger partial charge in [-0.25, -0.2) is 4.98 Å². The number of imidazole rings is 1. The average Bonchev–Trinajstić information content (AvgIpc) is 3.21. The molecule has 3 aromatic rings. The summed E-state index contributed by atoms with van der Waals surface area (Å²) >= 11 is 7.41. The van der Waals surface area contributed by atoms with Gasteiger partial charge in [-0.2, -0.15) is 0 Å². The largest absolute Gasteiger partial charge is 0.351 e. The first-order valence-electron chi connectivity index (χ1n) is 8.04. The van der Waals surface area contributed by atoms with Gasteiger partial charge in [-0.1, -0.05) is 23.7 Å². The number of halogens is 1. The Labute approximate surface area is 163 Å². The monoisotopic (exact) mass is 405 g/mol. The maximum atomic E-state index is 12.0. The number of nitrogens with zero attached hydrogens (tertiary/aromatic N) is 2. The number of amides is 3. The summed E-state index contributed by atoms with van der Waals surface area (Å²) in [4.78, 5) is 40.7. The number of hydrazine groups is 1. The molecule has 0 saturated carbocycles. The van der Waals surface area contributed by atoms with Crippen LogP contribution in [-0.2, 0) is 16.0 Å². The van der Waals surface area contributed by atoms with Crippen molar-refractivity contribution in [1.82, 2.24) is 25.6 Å². The highest BCUT2D eigenvalue weighted by atomic mass is 35.5. The van der Waals surface area contributed by atoms with Gasteiger partial charge in [0.05, 0.1) is 22.7 Å². The lowest BCUT2D eigenvalue weighted by molar-refractivity contribution is -0.128. The summed E-state index contributed by atoms with van der Waals surface area (Å²) in [5.41, 5.74) is 5.59. The fraction of sp³-hybridized carbons (Fsp3) is 0.176. The molecule has 8 nitrogen and oxygen atoms in total. The number of carbonyl (C=O) groups excluding carboxylic acids is 3. The second kappa shape index (κ2) is 8.65. The van der Waals surface area contributed by atoms with Gasteiger partial charge in [-0.3, -0.25) is 29.6 Å². The van der Waals surface area contributed by atoms with E-state index in [9.17, 15) is 14.4 Å². The number of hydrogen-bond acceptors (Lipinski definition) is 5. The minimum atomic E-state index is -0.423. The van der Waals surface area contributed by atoms with E-state index < -0.39 is 5.91 Å². The van der Waals surface area contributed by atoms with E-state index in [0.29, 0.717) is 16.3 Å². The number of fused-ring (bicyclic) bond motifs is 1. The number of rotatable bonds is 6. The molecule has 27 heavy (non-hydrogen) atoms. The summed E-state index contributed by atoms with van der Waals surface area (Å²) in [6.45, 7) is 0.114. The van der Waals surface area contributed by atoms with Crippen LogP contribution in [0.2, 0.25) is 5.02 Å². The molecule has 0 spiro atoms. The van der Waals surface area contributed by atoms with Crippen molar-refractivity contribution >= 4 is 45.6 Å². The molecule has 0 unspecified atom stereocenters. The maximum absolute atomic E-state index is 12.0. The van der Waals surface area contributed by atoms with E-state index in [4.69, 9.17) is 11.6 Å². The third-order valence-electron chi connectivity index (χ3n) is 3.58. The van der Waals surface area contributed by atoms with Crippen LogP contribution in [0.4, 0.5) is 0 Å². The van der Waals surface area contributed by atoms with Gasteiger partial charge in [-0.05, 0) is 12.1 Å². The topological polar surface area (TPSA) is 105 Å². The van der Waals surface area contributed by atoms with Gasteiger partial charge < -0.3 is 5.32 Å². The number of carbonyl (C=O) groups is 3. The second-order valence-corrected chi connectivity index (χ2v) is 6.86. The molecule has 3 N–H and O–H groups in total. The zero-order valence-electron chi connectivity index (χ0n) is 14.1. The molecule has 2 aromatic heterocycles. The lowest BCUT2D eigenvalue weighted by Crippen LogP contribution is -2.43. The smallest absolute Gasteiger partial charge is 0.252 e.